The SMILES string of the molecule is COc1ccc(-c2cn3c(n2)CN(CC[C@](C)(C(=O)NO)S(C)(=O)=O)C3=O)c(F)c1. The molecule has 1 aliphatic rings. The predicted octanol–water partition coefficient (Wildman–Crippen LogP) is 1.18. The van der Waals surface area contributed by atoms with Crippen LogP contribution in [0.15, 0.2) is 24.4 Å². The van der Waals surface area contributed by atoms with Crippen LogP contribution in [0.5, 0.6) is 5.75 Å². The number of rotatable bonds is 7. The number of methoxy groups -OCH3 is 1. The van der Waals surface area contributed by atoms with E-state index in [1.807, 2.05) is 0 Å². The van der Waals surface area contributed by atoms with Gasteiger partial charge in [-0.25, -0.2) is 28.1 Å². The Bertz CT molecular complexity index is 1120. The first-order valence-corrected chi connectivity index (χ1v) is 10.8. The van der Waals surface area contributed by atoms with Crippen LogP contribution in [0.2, 0.25) is 0 Å². The van der Waals surface area contributed by atoms with Gasteiger partial charge in [-0.15, -0.1) is 0 Å². The number of carbonyl (C=O) groups excluding carboxylic acids is 2. The number of imidazole rings is 1. The van der Waals surface area contributed by atoms with Gasteiger partial charge in [-0.1, -0.05) is 0 Å². The molecule has 0 aliphatic carbocycles. The Balaban J connectivity index is 1.78. The third-order valence-corrected chi connectivity index (χ3v) is 7.33. The molecule has 2 heterocycles. The largest absolute Gasteiger partial charge is 0.497 e. The number of amides is 2. The molecular formula is C18H21FN4O6S. The Morgan fingerprint density at radius 3 is 2.67 bits per heavy atom. The fraction of sp³-hybridized carbons (Fsp3) is 0.389. The van der Waals surface area contributed by atoms with E-state index in [2.05, 4.69) is 4.98 Å². The van der Waals surface area contributed by atoms with Crippen molar-refractivity contribution in [3.8, 4) is 17.0 Å². The second kappa shape index (κ2) is 7.69. The van der Waals surface area contributed by atoms with Crippen LogP contribution in [-0.4, -0.2) is 64.7 Å². The maximum Gasteiger partial charge on any atom is 0.330 e. The summed E-state index contributed by atoms with van der Waals surface area (Å²) in [6, 6.07) is 3.82. The van der Waals surface area contributed by atoms with Gasteiger partial charge in [-0.3, -0.25) is 14.6 Å². The van der Waals surface area contributed by atoms with Crippen LogP contribution in [0.4, 0.5) is 9.18 Å². The van der Waals surface area contributed by atoms with Gasteiger partial charge in [0.15, 0.2) is 14.6 Å². The molecule has 0 saturated heterocycles. The van der Waals surface area contributed by atoms with Crippen molar-refractivity contribution in [3.63, 3.8) is 0 Å². The minimum atomic E-state index is -3.88. The van der Waals surface area contributed by atoms with Crippen molar-refractivity contribution in [3.05, 3.63) is 36.0 Å². The summed E-state index contributed by atoms with van der Waals surface area (Å²) in [6.07, 6.45) is 2.06. The van der Waals surface area contributed by atoms with Gasteiger partial charge in [0.1, 0.15) is 17.4 Å². The van der Waals surface area contributed by atoms with E-state index in [-0.39, 0.29) is 30.8 Å². The van der Waals surface area contributed by atoms with Gasteiger partial charge in [0.05, 0.1) is 19.3 Å². The molecule has 10 nitrogen and oxygen atoms in total. The molecule has 2 amide bonds. The second-order valence-electron chi connectivity index (χ2n) is 7.16. The molecule has 0 bridgehead atoms. The van der Waals surface area contributed by atoms with Crippen LogP contribution in [0, 0.1) is 5.82 Å². The minimum Gasteiger partial charge on any atom is -0.497 e. The van der Waals surface area contributed by atoms with Crippen molar-refractivity contribution < 1.29 is 32.3 Å². The molecule has 1 aliphatic heterocycles. The number of hydrogen-bond acceptors (Lipinski definition) is 7. The molecule has 2 aromatic rings. The van der Waals surface area contributed by atoms with E-state index in [1.54, 1.807) is 6.07 Å². The number of hydroxylamine groups is 1. The first kappa shape index (κ1) is 21.7. The average Bonchev–Trinajstić information content (AvgIpc) is 3.23. The second-order valence-corrected chi connectivity index (χ2v) is 9.60. The Hall–Kier alpha value is -2.99. The maximum absolute atomic E-state index is 14.3. The summed E-state index contributed by atoms with van der Waals surface area (Å²) >= 11 is 0. The zero-order chi connectivity index (χ0) is 22.3. The zero-order valence-corrected chi connectivity index (χ0v) is 17.4. The highest BCUT2D eigenvalue weighted by Crippen LogP contribution is 2.29. The van der Waals surface area contributed by atoms with Crippen LogP contribution in [0.25, 0.3) is 11.3 Å². The van der Waals surface area contributed by atoms with Crippen LogP contribution in [-0.2, 0) is 21.2 Å². The Kier molecular flexibility index (Phi) is 5.56. The lowest BCUT2D eigenvalue weighted by molar-refractivity contribution is -0.131. The highest BCUT2D eigenvalue weighted by atomic mass is 32.2. The maximum atomic E-state index is 14.3. The van der Waals surface area contributed by atoms with E-state index < -0.39 is 32.3 Å². The number of ether oxygens (including phenoxy) is 1. The molecule has 30 heavy (non-hydrogen) atoms. The van der Waals surface area contributed by atoms with E-state index in [0.717, 1.165) is 6.26 Å². The van der Waals surface area contributed by atoms with Gasteiger partial charge in [0.2, 0.25) is 0 Å². The standard InChI is InChI=1S/C18H21FN4O6S/c1-18(16(24)21-26,30(3,27)28)6-7-22-10-15-20-14(9-23(15)17(22)25)12-5-4-11(29-2)8-13(12)19/h4-5,8-9,26H,6-7,10H2,1-3H3,(H,21,24)/t18-/m1/s1. The van der Waals surface area contributed by atoms with Gasteiger partial charge in [-0.05, 0) is 25.5 Å². The lowest BCUT2D eigenvalue weighted by Crippen LogP contribution is -2.50. The van der Waals surface area contributed by atoms with Gasteiger partial charge in [0, 0.05) is 30.6 Å². The third-order valence-electron chi connectivity index (χ3n) is 5.30. The zero-order valence-electron chi connectivity index (χ0n) is 16.5. The number of sulfone groups is 1. The molecule has 1 atom stereocenters. The summed E-state index contributed by atoms with van der Waals surface area (Å²) < 4.78 is 42.7. The van der Waals surface area contributed by atoms with Gasteiger partial charge in [-0.2, -0.15) is 0 Å². The van der Waals surface area contributed by atoms with Crippen molar-refractivity contribution in [2.24, 2.45) is 0 Å². The number of halogens is 1. The molecule has 12 heteroatoms. The number of benzene rings is 1. The first-order chi connectivity index (χ1) is 14.0. The van der Waals surface area contributed by atoms with Crippen LogP contribution in [0.3, 0.4) is 0 Å². The number of nitrogens with one attached hydrogen (secondary N) is 1. The fourth-order valence-corrected chi connectivity index (χ4v) is 4.00. The van der Waals surface area contributed by atoms with E-state index in [9.17, 15) is 22.4 Å². The molecule has 0 radical (unpaired) electrons. The molecule has 0 spiro atoms. The number of fused-ring (bicyclic) bond motifs is 1. The van der Waals surface area contributed by atoms with Crippen molar-refractivity contribution >= 4 is 21.8 Å². The van der Waals surface area contributed by atoms with Crippen molar-refractivity contribution in [2.75, 3.05) is 19.9 Å². The summed E-state index contributed by atoms with van der Waals surface area (Å²) in [5.74, 6) is -0.912. The molecule has 3 rings (SSSR count). The van der Waals surface area contributed by atoms with Crippen molar-refractivity contribution in [2.45, 2.75) is 24.6 Å². The van der Waals surface area contributed by atoms with E-state index in [0.29, 0.717) is 11.6 Å². The van der Waals surface area contributed by atoms with Crippen LogP contribution >= 0.6 is 0 Å². The molecule has 0 unspecified atom stereocenters. The van der Waals surface area contributed by atoms with Gasteiger partial charge >= 0.3 is 6.03 Å². The lowest BCUT2D eigenvalue weighted by atomic mass is 10.1. The van der Waals surface area contributed by atoms with Crippen molar-refractivity contribution in [1.82, 2.24) is 19.9 Å². The number of nitrogens with zero attached hydrogens (tertiary/aromatic N) is 3. The Morgan fingerprint density at radius 1 is 1.43 bits per heavy atom. The summed E-state index contributed by atoms with van der Waals surface area (Å²) in [6.45, 7) is 1.18. The number of hydrogen-bond donors (Lipinski definition) is 2. The molecule has 162 valence electrons. The van der Waals surface area contributed by atoms with Crippen LogP contribution in [0.1, 0.15) is 19.2 Å². The van der Waals surface area contributed by atoms with E-state index in [1.165, 1.54) is 47.3 Å². The topological polar surface area (TPSA) is 131 Å². The molecule has 1 aromatic heterocycles. The Labute approximate surface area is 172 Å². The summed E-state index contributed by atoms with van der Waals surface area (Å²) in [4.78, 5) is 30.2. The summed E-state index contributed by atoms with van der Waals surface area (Å²) in [7, 11) is -2.45. The lowest BCUT2D eigenvalue weighted by Gasteiger charge is -2.27. The molecule has 2 N–H and O–H groups in total. The van der Waals surface area contributed by atoms with Gasteiger partial charge < -0.3 is 9.64 Å². The monoisotopic (exact) mass is 440 g/mol. The predicted molar refractivity (Wildman–Crippen MR) is 103 cm³/mol. The molecular weight excluding hydrogens is 419 g/mol. The fourth-order valence-electron chi connectivity index (χ4n) is 3.16. The van der Waals surface area contributed by atoms with Gasteiger partial charge in [0.25, 0.3) is 5.91 Å². The third kappa shape index (κ3) is 3.63. The van der Waals surface area contributed by atoms with Crippen LogP contribution < -0.4 is 10.2 Å². The van der Waals surface area contributed by atoms with E-state index in [4.69, 9.17) is 9.94 Å². The molecule has 0 fully saturated rings. The smallest absolute Gasteiger partial charge is 0.330 e. The number of aromatic nitrogens is 2. The summed E-state index contributed by atoms with van der Waals surface area (Å²) in [5.41, 5.74) is 1.85. The summed E-state index contributed by atoms with van der Waals surface area (Å²) in [5, 5.41) is 8.88. The minimum absolute atomic E-state index is 0.0641. The highest BCUT2D eigenvalue weighted by molar-refractivity contribution is 7.92. The normalized spacial score (nSPS) is 15.6. The number of carbonyl (C=O) groups is 2. The highest BCUT2D eigenvalue weighted by Gasteiger charge is 2.44. The quantitative estimate of drug-likeness (QED) is 0.488. The molecule has 0 saturated carbocycles. The average molecular weight is 440 g/mol. The van der Waals surface area contributed by atoms with E-state index >= 15 is 0 Å². The molecule has 1 aromatic carbocycles. The van der Waals surface area contributed by atoms with Crippen molar-refractivity contribution in [1.29, 1.82) is 0 Å². The first-order valence-electron chi connectivity index (χ1n) is 8.87. The Morgan fingerprint density at radius 2 is 2.13 bits per heavy atom.